The normalized spacial score (nSPS) is 14.4. The van der Waals surface area contributed by atoms with Crippen LogP contribution in [0.15, 0.2) is 70.3 Å². The molecule has 0 atom stereocenters. The summed E-state index contributed by atoms with van der Waals surface area (Å²) in [7, 11) is 3.10. The molecule has 1 amide bonds. The van der Waals surface area contributed by atoms with Crippen LogP contribution < -0.4 is 16.0 Å². The number of likely N-dealkylation sites (tertiary alicyclic amines) is 1. The molecule has 0 bridgehead atoms. The molecule has 1 fully saturated rings. The molecular formula is C27H28N4O4. The minimum absolute atomic E-state index is 0.000108. The third kappa shape index (κ3) is 4.39. The van der Waals surface area contributed by atoms with Crippen molar-refractivity contribution in [1.29, 1.82) is 0 Å². The van der Waals surface area contributed by atoms with Crippen molar-refractivity contribution in [2.24, 2.45) is 14.1 Å². The van der Waals surface area contributed by atoms with Gasteiger partial charge in [0.2, 0.25) is 0 Å². The summed E-state index contributed by atoms with van der Waals surface area (Å²) in [5, 5.41) is 0. The maximum atomic E-state index is 12.7. The van der Waals surface area contributed by atoms with Gasteiger partial charge in [0.1, 0.15) is 11.3 Å². The van der Waals surface area contributed by atoms with Crippen molar-refractivity contribution in [2.75, 3.05) is 19.7 Å². The summed E-state index contributed by atoms with van der Waals surface area (Å²) in [6.45, 7) is 1.48. The van der Waals surface area contributed by atoms with Crippen LogP contribution in [0.5, 0.6) is 5.75 Å². The molecule has 1 aliphatic rings. The number of ether oxygens (including phenoxy) is 1. The lowest BCUT2D eigenvalue weighted by Crippen LogP contribution is -2.40. The molecule has 3 heterocycles. The van der Waals surface area contributed by atoms with Gasteiger partial charge in [-0.3, -0.25) is 18.7 Å². The van der Waals surface area contributed by atoms with Crippen molar-refractivity contribution in [2.45, 2.75) is 18.8 Å². The van der Waals surface area contributed by atoms with Gasteiger partial charge in [-0.2, -0.15) is 0 Å². The number of aryl methyl sites for hydroxylation is 1. The van der Waals surface area contributed by atoms with E-state index in [1.54, 1.807) is 25.2 Å². The smallest absolute Gasteiger partial charge is 0.331 e. The van der Waals surface area contributed by atoms with Crippen molar-refractivity contribution in [3.8, 4) is 17.0 Å². The highest BCUT2D eigenvalue weighted by molar-refractivity contribution is 5.82. The molecule has 35 heavy (non-hydrogen) atoms. The predicted octanol–water partition coefficient (Wildman–Crippen LogP) is 3.02. The van der Waals surface area contributed by atoms with Crippen LogP contribution in [0.25, 0.3) is 22.3 Å². The molecule has 2 aromatic carbocycles. The van der Waals surface area contributed by atoms with Crippen LogP contribution in [-0.4, -0.2) is 44.6 Å². The van der Waals surface area contributed by atoms with Crippen molar-refractivity contribution >= 4 is 16.9 Å². The zero-order valence-electron chi connectivity index (χ0n) is 19.9. The number of nitrogens with zero attached hydrogens (tertiary/aromatic N) is 3. The average molecular weight is 473 g/mol. The molecule has 4 aromatic rings. The Balaban J connectivity index is 1.21. The summed E-state index contributed by atoms with van der Waals surface area (Å²) in [6, 6.07) is 19.6. The number of aromatic nitrogens is 3. The first-order chi connectivity index (χ1) is 16.9. The second kappa shape index (κ2) is 9.29. The first-order valence-corrected chi connectivity index (χ1v) is 11.8. The quantitative estimate of drug-likeness (QED) is 0.484. The molecule has 0 spiro atoms. The van der Waals surface area contributed by atoms with Gasteiger partial charge < -0.3 is 14.6 Å². The van der Waals surface area contributed by atoms with Gasteiger partial charge in [0.15, 0.2) is 6.61 Å². The molecule has 180 valence electrons. The number of piperidine rings is 1. The summed E-state index contributed by atoms with van der Waals surface area (Å²) in [5.74, 6) is 1.09. The van der Waals surface area contributed by atoms with Crippen LogP contribution >= 0.6 is 0 Å². The van der Waals surface area contributed by atoms with Crippen molar-refractivity contribution in [3.63, 3.8) is 0 Å². The fourth-order valence-corrected chi connectivity index (χ4v) is 4.76. The minimum atomic E-state index is -0.370. The van der Waals surface area contributed by atoms with Gasteiger partial charge >= 0.3 is 5.69 Å². The Morgan fingerprint density at radius 1 is 0.971 bits per heavy atom. The molecule has 0 aliphatic carbocycles. The SMILES string of the molecule is Cn1c(=O)c2[nH]c(-c3ccc(OCC(=O)N4CCC(c5ccccc5)CC4)cc3)cc2n(C)c1=O. The number of carbonyl (C=O) groups is 1. The summed E-state index contributed by atoms with van der Waals surface area (Å²) in [6.07, 6.45) is 1.92. The number of amides is 1. The topological polar surface area (TPSA) is 89.3 Å². The zero-order chi connectivity index (χ0) is 24.5. The van der Waals surface area contributed by atoms with Crippen molar-refractivity contribution in [3.05, 3.63) is 87.1 Å². The highest BCUT2D eigenvalue weighted by atomic mass is 16.5. The standard InChI is InChI=1S/C27H28N4O4/c1-29-23-16-22(28-25(23)26(33)30(2)27(29)34)20-8-10-21(11-9-20)35-17-24(32)31-14-12-19(13-15-31)18-6-4-3-5-7-18/h3-11,16,19,28H,12-15,17H2,1-2H3. The summed E-state index contributed by atoms with van der Waals surface area (Å²) < 4.78 is 8.28. The molecule has 0 saturated carbocycles. The Labute approximate surface area is 202 Å². The number of carbonyl (C=O) groups excluding carboxylic acids is 1. The van der Waals surface area contributed by atoms with Gasteiger partial charge in [0.05, 0.1) is 5.52 Å². The minimum Gasteiger partial charge on any atom is -0.484 e. The lowest BCUT2D eigenvalue weighted by molar-refractivity contribution is -0.134. The summed E-state index contributed by atoms with van der Waals surface area (Å²) >= 11 is 0. The van der Waals surface area contributed by atoms with Crippen LogP contribution in [0.1, 0.15) is 24.3 Å². The Morgan fingerprint density at radius 2 is 1.66 bits per heavy atom. The number of rotatable bonds is 5. The van der Waals surface area contributed by atoms with E-state index < -0.39 is 0 Å². The maximum Gasteiger partial charge on any atom is 0.331 e. The number of benzene rings is 2. The van der Waals surface area contributed by atoms with E-state index in [9.17, 15) is 14.4 Å². The van der Waals surface area contributed by atoms with E-state index in [0.29, 0.717) is 22.7 Å². The predicted molar refractivity (Wildman–Crippen MR) is 135 cm³/mol. The van der Waals surface area contributed by atoms with Crippen LogP contribution in [0.2, 0.25) is 0 Å². The average Bonchev–Trinajstić information content (AvgIpc) is 3.36. The van der Waals surface area contributed by atoms with Gasteiger partial charge in [0, 0.05) is 32.9 Å². The van der Waals surface area contributed by atoms with Crippen LogP contribution in [-0.2, 0) is 18.9 Å². The van der Waals surface area contributed by atoms with Crippen LogP contribution in [0, 0.1) is 0 Å². The Morgan fingerprint density at radius 3 is 2.34 bits per heavy atom. The van der Waals surface area contributed by atoms with Crippen LogP contribution in [0.3, 0.4) is 0 Å². The van der Waals surface area contributed by atoms with Gasteiger partial charge in [-0.15, -0.1) is 0 Å². The second-order valence-electron chi connectivity index (χ2n) is 9.03. The molecule has 1 aliphatic heterocycles. The molecule has 8 heteroatoms. The Bertz CT molecular complexity index is 1470. The fourth-order valence-electron chi connectivity index (χ4n) is 4.76. The van der Waals surface area contributed by atoms with Gasteiger partial charge in [-0.05, 0) is 60.2 Å². The Kier molecular flexibility index (Phi) is 6.03. The third-order valence-corrected chi connectivity index (χ3v) is 6.90. The molecule has 0 unspecified atom stereocenters. The first kappa shape index (κ1) is 22.7. The lowest BCUT2D eigenvalue weighted by Gasteiger charge is -2.32. The summed E-state index contributed by atoms with van der Waals surface area (Å²) in [5.41, 5.74) is 3.11. The molecule has 1 N–H and O–H groups in total. The van der Waals surface area contributed by atoms with E-state index in [-0.39, 0.29) is 23.8 Å². The fraction of sp³-hybridized carbons (Fsp3) is 0.296. The number of hydrogen-bond donors (Lipinski definition) is 1. The zero-order valence-corrected chi connectivity index (χ0v) is 19.9. The summed E-state index contributed by atoms with van der Waals surface area (Å²) in [4.78, 5) is 42.3. The molecule has 5 rings (SSSR count). The number of fused-ring (bicyclic) bond motifs is 1. The number of aromatic amines is 1. The van der Waals surface area contributed by atoms with Crippen molar-refractivity contribution in [1.82, 2.24) is 19.0 Å². The maximum absolute atomic E-state index is 12.7. The van der Waals surface area contributed by atoms with Gasteiger partial charge in [-0.25, -0.2) is 4.79 Å². The van der Waals surface area contributed by atoms with E-state index in [1.165, 1.54) is 17.2 Å². The van der Waals surface area contributed by atoms with E-state index >= 15 is 0 Å². The van der Waals surface area contributed by atoms with Gasteiger partial charge in [0.25, 0.3) is 11.5 Å². The number of nitrogens with one attached hydrogen (secondary N) is 1. The van der Waals surface area contributed by atoms with Crippen molar-refractivity contribution < 1.29 is 9.53 Å². The molecule has 0 radical (unpaired) electrons. The molecule has 8 nitrogen and oxygen atoms in total. The highest BCUT2D eigenvalue weighted by Crippen LogP contribution is 2.28. The van der Waals surface area contributed by atoms with Crippen LogP contribution in [0.4, 0.5) is 0 Å². The van der Waals surface area contributed by atoms with E-state index in [2.05, 4.69) is 29.2 Å². The molecule has 2 aromatic heterocycles. The molecule has 1 saturated heterocycles. The van der Waals surface area contributed by atoms with E-state index in [1.807, 2.05) is 23.1 Å². The second-order valence-corrected chi connectivity index (χ2v) is 9.03. The van der Waals surface area contributed by atoms with Gasteiger partial charge in [-0.1, -0.05) is 30.3 Å². The highest BCUT2D eigenvalue weighted by Gasteiger charge is 2.24. The van der Waals surface area contributed by atoms with E-state index in [0.717, 1.165) is 41.8 Å². The largest absolute Gasteiger partial charge is 0.484 e. The first-order valence-electron chi connectivity index (χ1n) is 11.8. The molecular weight excluding hydrogens is 444 g/mol. The monoisotopic (exact) mass is 472 g/mol. The Hall–Kier alpha value is -4.07. The number of H-pyrrole nitrogens is 1. The third-order valence-electron chi connectivity index (χ3n) is 6.90. The lowest BCUT2D eigenvalue weighted by atomic mass is 9.89. The van der Waals surface area contributed by atoms with E-state index in [4.69, 9.17) is 4.74 Å². The number of hydrogen-bond acceptors (Lipinski definition) is 4.